The van der Waals surface area contributed by atoms with Gasteiger partial charge in [0, 0.05) is 30.4 Å². The zero-order valence-corrected chi connectivity index (χ0v) is 16.0. The predicted molar refractivity (Wildman–Crippen MR) is 110 cm³/mol. The minimum Gasteiger partial charge on any atom is -0.334 e. The third-order valence-corrected chi connectivity index (χ3v) is 4.94. The zero-order chi connectivity index (χ0) is 21.1. The summed E-state index contributed by atoms with van der Waals surface area (Å²) in [5.74, 6) is -1.63. The van der Waals surface area contributed by atoms with Crippen molar-refractivity contribution < 1.29 is 18.4 Å². The fraction of sp³-hybridized carbons (Fsp3) is 0.130. The van der Waals surface area contributed by atoms with Gasteiger partial charge in [-0.2, -0.15) is 0 Å². The number of benzene rings is 3. The molecule has 0 unspecified atom stereocenters. The molecule has 3 amide bonds. The summed E-state index contributed by atoms with van der Waals surface area (Å²) in [4.78, 5) is 26.6. The number of anilines is 2. The van der Waals surface area contributed by atoms with Crippen LogP contribution in [0, 0.1) is 11.6 Å². The van der Waals surface area contributed by atoms with Crippen molar-refractivity contribution in [1.82, 2.24) is 5.32 Å². The lowest BCUT2D eigenvalue weighted by Crippen LogP contribution is -2.30. The molecule has 3 aromatic carbocycles. The van der Waals surface area contributed by atoms with Gasteiger partial charge in [-0.25, -0.2) is 13.6 Å². The lowest BCUT2D eigenvalue weighted by atomic mass is 10.1. The van der Waals surface area contributed by atoms with Gasteiger partial charge >= 0.3 is 6.03 Å². The second-order valence-electron chi connectivity index (χ2n) is 6.97. The molecule has 152 valence electrons. The molecule has 0 radical (unpaired) electrons. The van der Waals surface area contributed by atoms with Crippen molar-refractivity contribution in [1.29, 1.82) is 0 Å². The van der Waals surface area contributed by atoms with Crippen LogP contribution in [0.2, 0.25) is 0 Å². The van der Waals surface area contributed by atoms with Gasteiger partial charge in [0.05, 0.1) is 5.69 Å². The van der Waals surface area contributed by atoms with E-state index < -0.39 is 17.7 Å². The SMILES string of the molecule is O=C(NCc1ccc2c(c1)N(C(=O)c1ccccc1)CC2)Nc1ccc(F)cc1F. The maximum atomic E-state index is 13.7. The van der Waals surface area contributed by atoms with Crippen molar-refractivity contribution >= 4 is 23.3 Å². The lowest BCUT2D eigenvalue weighted by Gasteiger charge is -2.18. The number of urea groups is 1. The van der Waals surface area contributed by atoms with Gasteiger partial charge < -0.3 is 15.5 Å². The van der Waals surface area contributed by atoms with E-state index in [-0.39, 0.29) is 18.1 Å². The number of carbonyl (C=O) groups excluding carboxylic acids is 2. The van der Waals surface area contributed by atoms with E-state index in [9.17, 15) is 18.4 Å². The highest BCUT2D eigenvalue weighted by Gasteiger charge is 2.25. The Hall–Kier alpha value is -3.74. The molecule has 0 spiro atoms. The standard InChI is InChI=1S/C23H19F2N3O2/c24-18-8-9-20(19(25)13-18)27-23(30)26-14-15-6-7-16-10-11-28(21(16)12-15)22(29)17-4-2-1-3-5-17/h1-9,12-13H,10-11,14H2,(H2,26,27,30). The van der Waals surface area contributed by atoms with E-state index >= 15 is 0 Å². The van der Waals surface area contributed by atoms with Crippen LogP contribution in [0.25, 0.3) is 0 Å². The summed E-state index contributed by atoms with van der Waals surface area (Å²) in [6, 6.07) is 17.1. The largest absolute Gasteiger partial charge is 0.334 e. The van der Waals surface area contributed by atoms with Crippen LogP contribution >= 0.6 is 0 Å². The molecule has 0 saturated carbocycles. The maximum Gasteiger partial charge on any atom is 0.319 e. The molecule has 0 bridgehead atoms. The van der Waals surface area contributed by atoms with Crippen LogP contribution in [0.15, 0.2) is 66.7 Å². The van der Waals surface area contributed by atoms with E-state index in [1.807, 2.05) is 36.4 Å². The van der Waals surface area contributed by atoms with Crippen LogP contribution in [-0.2, 0) is 13.0 Å². The Kier molecular flexibility index (Phi) is 5.43. The summed E-state index contributed by atoms with van der Waals surface area (Å²) in [7, 11) is 0. The molecule has 5 nitrogen and oxygen atoms in total. The Balaban J connectivity index is 1.43. The van der Waals surface area contributed by atoms with Gasteiger partial charge in [0.2, 0.25) is 0 Å². The number of rotatable bonds is 4. The molecule has 0 atom stereocenters. The van der Waals surface area contributed by atoms with Gasteiger partial charge in [-0.15, -0.1) is 0 Å². The molecule has 0 saturated heterocycles. The van der Waals surface area contributed by atoms with Crippen LogP contribution in [0.3, 0.4) is 0 Å². The predicted octanol–water partition coefficient (Wildman–Crippen LogP) is 4.49. The Labute approximate surface area is 172 Å². The Morgan fingerprint density at radius 2 is 1.77 bits per heavy atom. The second kappa shape index (κ2) is 8.32. The first kappa shape index (κ1) is 19.6. The van der Waals surface area contributed by atoms with E-state index in [0.717, 1.165) is 35.4 Å². The summed E-state index contributed by atoms with van der Waals surface area (Å²) >= 11 is 0. The van der Waals surface area contributed by atoms with Gasteiger partial charge in [0.1, 0.15) is 11.6 Å². The topological polar surface area (TPSA) is 61.4 Å². The number of nitrogens with one attached hydrogen (secondary N) is 2. The van der Waals surface area contributed by atoms with Gasteiger partial charge in [-0.05, 0) is 47.9 Å². The van der Waals surface area contributed by atoms with Gasteiger partial charge in [0.15, 0.2) is 0 Å². The van der Waals surface area contributed by atoms with Gasteiger partial charge in [-0.3, -0.25) is 4.79 Å². The molecule has 1 aliphatic heterocycles. The lowest BCUT2D eigenvalue weighted by molar-refractivity contribution is 0.0989. The second-order valence-corrected chi connectivity index (χ2v) is 6.97. The van der Waals surface area contributed by atoms with Gasteiger partial charge in [0.25, 0.3) is 5.91 Å². The summed E-state index contributed by atoms with van der Waals surface area (Å²) in [6.07, 6.45) is 0.770. The van der Waals surface area contributed by atoms with Crippen molar-refractivity contribution in [2.24, 2.45) is 0 Å². The number of fused-ring (bicyclic) bond motifs is 1. The molecular formula is C23H19F2N3O2. The zero-order valence-electron chi connectivity index (χ0n) is 16.0. The number of carbonyl (C=O) groups is 2. The highest BCUT2D eigenvalue weighted by Crippen LogP contribution is 2.30. The summed E-state index contributed by atoms with van der Waals surface area (Å²) in [5, 5.41) is 4.99. The van der Waals surface area contributed by atoms with E-state index in [1.54, 1.807) is 17.0 Å². The summed E-state index contributed by atoms with van der Waals surface area (Å²) in [5.41, 5.74) is 3.21. The highest BCUT2D eigenvalue weighted by molar-refractivity contribution is 6.07. The van der Waals surface area contributed by atoms with Crippen molar-refractivity contribution in [2.75, 3.05) is 16.8 Å². The van der Waals surface area contributed by atoms with Crippen LogP contribution < -0.4 is 15.5 Å². The Morgan fingerprint density at radius 3 is 2.53 bits per heavy atom. The molecular weight excluding hydrogens is 388 g/mol. The Bertz CT molecular complexity index is 1100. The van der Waals surface area contributed by atoms with Crippen molar-refractivity contribution in [2.45, 2.75) is 13.0 Å². The monoisotopic (exact) mass is 407 g/mol. The summed E-state index contributed by atoms with van der Waals surface area (Å²) < 4.78 is 26.6. The molecule has 4 rings (SSSR count). The molecule has 0 aromatic heterocycles. The fourth-order valence-electron chi connectivity index (χ4n) is 3.42. The molecule has 3 aromatic rings. The number of amides is 3. The molecule has 7 heteroatoms. The van der Waals surface area contributed by atoms with E-state index in [1.165, 1.54) is 0 Å². The van der Waals surface area contributed by atoms with Gasteiger partial charge in [-0.1, -0.05) is 30.3 Å². The molecule has 1 aliphatic rings. The van der Waals surface area contributed by atoms with E-state index in [4.69, 9.17) is 0 Å². The highest BCUT2D eigenvalue weighted by atomic mass is 19.1. The first-order chi connectivity index (χ1) is 14.5. The molecule has 0 aliphatic carbocycles. The van der Waals surface area contributed by atoms with Crippen molar-refractivity contribution in [3.8, 4) is 0 Å². The number of hydrogen-bond acceptors (Lipinski definition) is 2. The molecule has 1 heterocycles. The van der Waals surface area contributed by atoms with Crippen LogP contribution in [0.4, 0.5) is 25.0 Å². The number of hydrogen-bond donors (Lipinski definition) is 2. The smallest absolute Gasteiger partial charge is 0.319 e. The third-order valence-electron chi connectivity index (χ3n) is 4.94. The normalized spacial score (nSPS) is 12.4. The van der Waals surface area contributed by atoms with Crippen LogP contribution in [0.5, 0.6) is 0 Å². The Morgan fingerprint density at radius 1 is 0.967 bits per heavy atom. The molecule has 2 N–H and O–H groups in total. The first-order valence-electron chi connectivity index (χ1n) is 9.50. The minimum atomic E-state index is -0.849. The molecule has 0 fully saturated rings. The molecule has 30 heavy (non-hydrogen) atoms. The summed E-state index contributed by atoms with van der Waals surface area (Å²) in [6.45, 7) is 0.791. The third kappa shape index (κ3) is 4.15. The van der Waals surface area contributed by atoms with Crippen LogP contribution in [-0.4, -0.2) is 18.5 Å². The minimum absolute atomic E-state index is 0.0658. The fourth-order valence-corrected chi connectivity index (χ4v) is 3.42. The maximum absolute atomic E-state index is 13.7. The quantitative estimate of drug-likeness (QED) is 0.670. The average Bonchev–Trinajstić information content (AvgIpc) is 3.17. The van der Waals surface area contributed by atoms with E-state index in [2.05, 4.69) is 10.6 Å². The van der Waals surface area contributed by atoms with Crippen molar-refractivity contribution in [3.63, 3.8) is 0 Å². The number of halogens is 2. The van der Waals surface area contributed by atoms with Crippen LogP contribution in [0.1, 0.15) is 21.5 Å². The number of nitrogens with zero attached hydrogens (tertiary/aromatic N) is 1. The first-order valence-corrected chi connectivity index (χ1v) is 9.50. The van der Waals surface area contributed by atoms with E-state index in [0.29, 0.717) is 18.2 Å². The average molecular weight is 407 g/mol. The van der Waals surface area contributed by atoms with Crippen molar-refractivity contribution in [3.05, 3.63) is 95.1 Å².